The summed E-state index contributed by atoms with van der Waals surface area (Å²) in [6.45, 7) is 4.08. The largest absolute Gasteiger partial charge is 0.325 e. The van der Waals surface area contributed by atoms with Crippen LogP contribution >= 0.6 is 11.6 Å². The van der Waals surface area contributed by atoms with Gasteiger partial charge in [0.15, 0.2) is 0 Å². The predicted octanol–water partition coefficient (Wildman–Crippen LogP) is 3.82. The summed E-state index contributed by atoms with van der Waals surface area (Å²) in [7, 11) is 0. The summed E-state index contributed by atoms with van der Waals surface area (Å²) in [5.74, 6) is 0.453. The molecule has 0 spiro atoms. The van der Waals surface area contributed by atoms with Gasteiger partial charge in [-0.1, -0.05) is 31.0 Å². The lowest BCUT2D eigenvalue weighted by molar-refractivity contribution is 0.772. The van der Waals surface area contributed by atoms with Crippen molar-refractivity contribution in [1.82, 2.24) is 9.97 Å². The third-order valence-corrected chi connectivity index (χ3v) is 3.27. The van der Waals surface area contributed by atoms with Gasteiger partial charge in [-0.05, 0) is 37.5 Å². The van der Waals surface area contributed by atoms with Crippen LogP contribution in [0.4, 0.5) is 11.6 Å². The van der Waals surface area contributed by atoms with E-state index in [1.165, 1.54) is 0 Å². The average Bonchev–Trinajstić information content (AvgIpc) is 2.40. The van der Waals surface area contributed by atoms with Crippen LogP contribution in [-0.4, -0.2) is 9.97 Å². The summed E-state index contributed by atoms with van der Waals surface area (Å²) in [6, 6.07) is 7.11. The van der Waals surface area contributed by atoms with Crippen LogP contribution in [0.1, 0.15) is 31.0 Å². The highest BCUT2D eigenvalue weighted by Gasteiger charge is 2.04. The molecule has 1 heterocycles. The zero-order valence-electron chi connectivity index (χ0n) is 11.7. The van der Waals surface area contributed by atoms with Crippen LogP contribution in [0.25, 0.3) is 0 Å². The first-order chi connectivity index (χ1) is 9.58. The van der Waals surface area contributed by atoms with Gasteiger partial charge in [0.1, 0.15) is 0 Å². The van der Waals surface area contributed by atoms with E-state index in [0.717, 1.165) is 36.2 Å². The Morgan fingerprint density at radius 3 is 2.90 bits per heavy atom. The van der Waals surface area contributed by atoms with Crippen LogP contribution in [0.5, 0.6) is 0 Å². The van der Waals surface area contributed by atoms with Gasteiger partial charge in [0, 0.05) is 22.5 Å². The summed E-state index contributed by atoms with van der Waals surface area (Å²) in [6.07, 6.45) is 2.90. The van der Waals surface area contributed by atoms with Crippen LogP contribution in [0.2, 0.25) is 5.02 Å². The number of nitrogens with one attached hydrogen (secondary N) is 2. The SMILES string of the molecule is CCCCc1cc(=O)[nH]c(Nc2cc(Cl)ccc2C)n1. The van der Waals surface area contributed by atoms with Gasteiger partial charge in [-0.25, -0.2) is 4.98 Å². The molecule has 2 aromatic rings. The topological polar surface area (TPSA) is 57.8 Å². The smallest absolute Gasteiger partial charge is 0.252 e. The second kappa shape index (κ2) is 6.57. The van der Waals surface area contributed by atoms with E-state index < -0.39 is 0 Å². The Hall–Kier alpha value is -1.81. The minimum absolute atomic E-state index is 0.145. The molecule has 0 amide bonds. The van der Waals surface area contributed by atoms with Crippen molar-refractivity contribution in [2.75, 3.05) is 5.32 Å². The van der Waals surface area contributed by atoms with E-state index in [4.69, 9.17) is 11.6 Å². The lowest BCUT2D eigenvalue weighted by Crippen LogP contribution is -2.12. The Labute approximate surface area is 123 Å². The number of rotatable bonds is 5. The normalized spacial score (nSPS) is 10.6. The summed E-state index contributed by atoms with van der Waals surface area (Å²) >= 11 is 5.98. The van der Waals surface area contributed by atoms with E-state index in [1.54, 1.807) is 6.07 Å². The van der Waals surface area contributed by atoms with Crippen molar-refractivity contribution in [3.63, 3.8) is 0 Å². The number of H-pyrrole nitrogens is 1. The first-order valence-corrected chi connectivity index (χ1v) is 7.09. The maximum Gasteiger partial charge on any atom is 0.252 e. The van der Waals surface area contributed by atoms with Gasteiger partial charge >= 0.3 is 0 Å². The molecule has 0 aliphatic heterocycles. The highest BCUT2D eigenvalue weighted by molar-refractivity contribution is 6.30. The van der Waals surface area contributed by atoms with E-state index in [2.05, 4.69) is 22.2 Å². The van der Waals surface area contributed by atoms with E-state index >= 15 is 0 Å². The van der Waals surface area contributed by atoms with Crippen molar-refractivity contribution in [2.24, 2.45) is 0 Å². The van der Waals surface area contributed by atoms with Gasteiger partial charge in [-0.3, -0.25) is 9.78 Å². The van der Waals surface area contributed by atoms with Crippen molar-refractivity contribution >= 4 is 23.2 Å². The maximum absolute atomic E-state index is 11.7. The molecule has 0 fully saturated rings. The third-order valence-electron chi connectivity index (χ3n) is 3.03. The van der Waals surface area contributed by atoms with Crippen molar-refractivity contribution in [3.05, 3.63) is 50.9 Å². The third kappa shape index (κ3) is 3.84. The first-order valence-electron chi connectivity index (χ1n) is 6.72. The molecule has 0 atom stereocenters. The lowest BCUT2D eigenvalue weighted by atomic mass is 10.2. The number of benzene rings is 1. The van der Waals surface area contributed by atoms with Crippen LogP contribution in [-0.2, 0) is 6.42 Å². The fourth-order valence-electron chi connectivity index (χ4n) is 1.91. The number of aryl methyl sites for hydroxylation is 2. The van der Waals surface area contributed by atoms with Crippen LogP contribution in [0.15, 0.2) is 29.1 Å². The second-order valence-corrected chi connectivity index (χ2v) is 5.21. The van der Waals surface area contributed by atoms with Crippen molar-refractivity contribution in [3.8, 4) is 0 Å². The molecule has 0 bridgehead atoms. The van der Waals surface area contributed by atoms with E-state index in [0.29, 0.717) is 11.0 Å². The number of aromatic nitrogens is 2. The molecular formula is C15H18ClN3O. The van der Waals surface area contributed by atoms with Crippen molar-refractivity contribution in [1.29, 1.82) is 0 Å². The minimum Gasteiger partial charge on any atom is -0.325 e. The van der Waals surface area contributed by atoms with Crippen LogP contribution in [0, 0.1) is 6.92 Å². The molecule has 0 saturated carbocycles. The monoisotopic (exact) mass is 291 g/mol. The average molecular weight is 292 g/mol. The Balaban J connectivity index is 2.26. The lowest BCUT2D eigenvalue weighted by Gasteiger charge is -2.10. The number of hydrogen-bond acceptors (Lipinski definition) is 3. The summed E-state index contributed by atoms with van der Waals surface area (Å²) < 4.78 is 0. The zero-order valence-corrected chi connectivity index (χ0v) is 12.4. The van der Waals surface area contributed by atoms with Gasteiger partial charge in [-0.2, -0.15) is 0 Å². The van der Waals surface area contributed by atoms with Crippen molar-refractivity contribution < 1.29 is 0 Å². The number of halogens is 1. The summed E-state index contributed by atoms with van der Waals surface area (Å²) in [5.41, 5.74) is 2.54. The Bertz CT molecular complexity index is 652. The van der Waals surface area contributed by atoms with Gasteiger partial charge in [0.25, 0.3) is 5.56 Å². The van der Waals surface area contributed by atoms with Gasteiger partial charge < -0.3 is 5.32 Å². The molecule has 0 aliphatic rings. The van der Waals surface area contributed by atoms with Crippen molar-refractivity contribution in [2.45, 2.75) is 33.1 Å². The summed E-state index contributed by atoms with van der Waals surface area (Å²) in [4.78, 5) is 18.8. The standard InChI is InChI=1S/C15H18ClN3O/c1-3-4-5-12-9-14(20)19-15(17-12)18-13-8-11(16)7-6-10(13)2/h6-9H,3-5H2,1-2H3,(H2,17,18,19,20). The number of anilines is 2. The highest BCUT2D eigenvalue weighted by atomic mass is 35.5. The molecule has 1 aromatic heterocycles. The van der Waals surface area contributed by atoms with E-state index in [9.17, 15) is 4.79 Å². The fourth-order valence-corrected chi connectivity index (χ4v) is 2.08. The molecule has 2 N–H and O–H groups in total. The molecule has 1 aromatic carbocycles. The van der Waals surface area contributed by atoms with E-state index in [-0.39, 0.29) is 5.56 Å². The molecule has 2 rings (SSSR count). The number of aromatic amines is 1. The fraction of sp³-hybridized carbons (Fsp3) is 0.333. The Morgan fingerprint density at radius 2 is 2.15 bits per heavy atom. The molecule has 20 heavy (non-hydrogen) atoms. The first kappa shape index (κ1) is 14.6. The molecule has 0 saturated heterocycles. The molecule has 0 radical (unpaired) electrons. The number of unbranched alkanes of at least 4 members (excludes halogenated alkanes) is 1. The molecular weight excluding hydrogens is 274 g/mol. The van der Waals surface area contributed by atoms with E-state index in [1.807, 2.05) is 25.1 Å². The molecule has 5 heteroatoms. The van der Waals surface area contributed by atoms with Gasteiger partial charge in [0.05, 0.1) is 0 Å². The molecule has 106 valence electrons. The molecule has 0 unspecified atom stereocenters. The predicted molar refractivity (Wildman–Crippen MR) is 82.9 cm³/mol. The Kier molecular flexibility index (Phi) is 4.79. The van der Waals surface area contributed by atoms with Crippen LogP contribution in [0.3, 0.4) is 0 Å². The minimum atomic E-state index is -0.145. The number of hydrogen-bond donors (Lipinski definition) is 2. The maximum atomic E-state index is 11.7. The number of nitrogens with zero attached hydrogens (tertiary/aromatic N) is 1. The summed E-state index contributed by atoms with van der Waals surface area (Å²) in [5, 5.41) is 3.76. The second-order valence-electron chi connectivity index (χ2n) is 4.77. The quantitative estimate of drug-likeness (QED) is 0.880. The van der Waals surface area contributed by atoms with Gasteiger partial charge in [0.2, 0.25) is 5.95 Å². The molecule has 0 aliphatic carbocycles. The highest BCUT2D eigenvalue weighted by Crippen LogP contribution is 2.22. The Morgan fingerprint density at radius 1 is 1.35 bits per heavy atom. The molecule has 4 nitrogen and oxygen atoms in total. The van der Waals surface area contributed by atoms with Crippen LogP contribution < -0.4 is 10.9 Å². The van der Waals surface area contributed by atoms with Gasteiger partial charge in [-0.15, -0.1) is 0 Å². The zero-order chi connectivity index (χ0) is 14.5.